The SMILES string of the molecule is C[C@H]1[C@H](C)CC[C@]2(C(=O)O)CC[C@]3(C(=O)O[C@@H]4O[C@H](CO)[C@@H](O)[C@H](O)[C@H]4O)C(=CC[C@@H]4[C@@]5(C)CC[C@H](O)C(C)(C)[C@H]5CC[C@]43C)[C@@H]12. The van der Waals surface area contributed by atoms with Crippen LogP contribution in [0.5, 0.6) is 0 Å². The number of carbonyl (C=O) groups is 2. The second-order valence-electron chi connectivity index (χ2n) is 17.2. The van der Waals surface area contributed by atoms with E-state index in [1.807, 2.05) is 0 Å². The normalized spacial score (nSPS) is 53.0. The summed E-state index contributed by atoms with van der Waals surface area (Å²) in [6, 6.07) is 0. The summed E-state index contributed by atoms with van der Waals surface area (Å²) in [4.78, 5) is 28.4. The Bertz CT molecular complexity index is 1260. The first-order valence-electron chi connectivity index (χ1n) is 17.6. The van der Waals surface area contributed by atoms with E-state index in [2.05, 4.69) is 47.6 Å². The van der Waals surface area contributed by atoms with Crippen molar-refractivity contribution in [1.29, 1.82) is 0 Å². The fourth-order valence-electron chi connectivity index (χ4n) is 12.3. The van der Waals surface area contributed by atoms with Gasteiger partial charge >= 0.3 is 11.9 Å². The van der Waals surface area contributed by atoms with Crippen LogP contribution in [-0.4, -0.2) is 86.0 Å². The van der Waals surface area contributed by atoms with Gasteiger partial charge in [-0.1, -0.05) is 53.2 Å². The third kappa shape index (κ3) is 4.35. The molecule has 10 nitrogen and oxygen atoms in total. The third-order valence-electron chi connectivity index (χ3n) is 15.3. The number of aliphatic hydroxyl groups excluding tert-OH is 5. The molecule has 0 spiro atoms. The highest BCUT2D eigenvalue weighted by Gasteiger charge is 2.74. The standard InChI is InChI=1S/C36H56O10/c1-18-9-14-35(30(42)43)15-16-36(31(44)46-29-28(41)27(40)26(39)21(17-37)45-29)20(25(35)19(18)2)7-8-23-33(5)12-11-24(38)32(3,4)22(33)10-13-34(23,36)6/h7,18-19,21-29,37-41H,8-17H2,1-6H3,(H,42,43)/t18-,19+,21-,22-,23-,24+,25-,26-,27+,28-,29+,33+,34-,35+,36-/m1/s1. The number of fused-ring (bicyclic) bond motifs is 7. The molecule has 0 unspecified atom stereocenters. The zero-order chi connectivity index (χ0) is 33.8. The molecular weight excluding hydrogens is 592 g/mol. The van der Waals surface area contributed by atoms with Crippen molar-refractivity contribution in [3.63, 3.8) is 0 Å². The lowest BCUT2D eigenvalue weighted by Gasteiger charge is -2.70. The molecule has 5 fully saturated rings. The van der Waals surface area contributed by atoms with Gasteiger partial charge in [-0.05, 0) is 104 Å². The van der Waals surface area contributed by atoms with Crippen molar-refractivity contribution in [2.75, 3.05) is 6.61 Å². The van der Waals surface area contributed by atoms with Crippen molar-refractivity contribution < 1.29 is 49.7 Å². The lowest BCUT2D eigenvalue weighted by Crippen LogP contribution is -2.68. The van der Waals surface area contributed by atoms with E-state index in [0.717, 1.165) is 24.8 Å². The van der Waals surface area contributed by atoms with Crippen LogP contribution in [0.3, 0.4) is 0 Å². The highest BCUT2D eigenvalue weighted by Crippen LogP contribution is 2.76. The number of rotatable bonds is 4. The highest BCUT2D eigenvalue weighted by atomic mass is 16.7. The van der Waals surface area contributed by atoms with Crippen LogP contribution in [0.15, 0.2) is 11.6 Å². The molecule has 1 heterocycles. The monoisotopic (exact) mass is 648 g/mol. The smallest absolute Gasteiger partial charge is 0.319 e. The molecule has 0 aromatic heterocycles. The summed E-state index contributed by atoms with van der Waals surface area (Å²) in [5, 5.41) is 63.5. The molecule has 0 aromatic rings. The summed E-state index contributed by atoms with van der Waals surface area (Å²) >= 11 is 0. The maximum absolute atomic E-state index is 15.1. The first kappa shape index (κ1) is 34.3. The Morgan fingerprint density at radius 1 is 0.891 bits per heavy atom. The van der Waals surface area contributed by atoms with Gasteiger partial charge in [0.25, 0.3) is 0 Å². The molecule has 6 aliphatic rings. The summed E-state index contributed by atoms with van der Waals surface area (Å²) < 4.78 is 11.8. The molecule has 260 valence electrons. The molecule has 10 heteroatoms. The fraction of sp³-hybridized carbons (Fsp3) is 0.889. The van der Waals surface area contributed by atoms with E-state index in [4.69, 9.17) is 9.47 Å². The number of carboxylic acid groups (broad SMARTS) is 1. The van der Waals surface area contributed by atoms with E-state index < -0.39 is 71.6 Å². The molecule has 4 saturated carbocycles. The van der Waals surface area contributed by atoms with E-state index in [1.54, 1.807) is 0 Å². The van der Waals surface area contributed by atoms with Crippen molar-refractivity contribution >= 4 is 11.9 Å². The van der Waals surface area contributed by atoms with Gasteiger partial charge in [-0.25, -0.2) is 0 Å². The summed E-state index contributed by atoms with van der Waals surface area (Å²) in [7, 11) is 0. The maximum atomic E-state index is 15.1. The van der Waals surface area contributed by atoms with Crippen molar-refractivity contribution in [1.82, 2.24) is 0 Å². The first-order chi connectivity index (χ1) is 21.4. The number of hydrogen-bond donors (Lipinski definition) is 6. The summed E-state index contributed by atoms with van der Waals surface area (Å²) in [6.45, 7) is 12.4. The van der Waals surface area contributed by atoms with Crippen molar-refractivity contribution in [2.45, 2.75) is 136 Å². The molecule has 0 aromatic carbocycles. The molecule has 0 bridgehead atoms. The molecule has 0 radical (unpaired) electrons. The minimum absolute atomic E-state index is 0.00618. The number of hydrogen-bond acceptors (Lipinski definition) is 9. The summed E-state index contributed by atoms with van der Waals surface area (Å²) in [5.41, 5.74) is -2.49. The van der Waals surface area contributed by atoms with Gasteiger partial charge in [-0.3, -0.25) is 9.59 Å². The lowest BCUT2D eigenvalue weighted by molar-refractivity contribution is -0.299. The van der Waals surface area contributed by atoms with Crippen LogP contribution < -0.4 is 0 Å². The van der Waals surface area contributed by atoms with E-state index in [0.29, 0.717) is 32.1 Å². The number of allylic oxidation sites excluding steroid dienone is 1. The predicted molar refractivity (Wildman–Crippen MR) is 167 cm³/mol. The highest BCUT2D eigenvalue weighted by molar-refractivity contribution is 5.85. The largest absolute Gasteiger partial charge is 0.481 e. The molecule has 15 atom stereocenters. The van der Waals surface area contributed by atoms with Crippen LogP contribution in [0, 0.1) is 56.7 Å². The molecule has 5 aliphatic carbocycles. The molecule has 6 rings (SSSR count). The van der Waals surface area contributed by atoms with Crippen molar-refractivity contribution in [3.8, 4) is 0 Å². The van der Waals surface area contributed by atoms with Gasteiger partial charge in [0.1, 0.15) is 24.4 Å². The number of ether oxygens (including phenoxy) is 2. The average Bonchev–Trinajstić information content (AvgIpc) is 3.00. The topological polar surface area (TPSA) is 174 Å². The average molecular weight is 649 g/mol. The number of carbonyl (C=O) groups excluding carboxylic acids is 1. The van der Waals surface area contributed by atoms with E-state index in [-0.39, 0.29) is 46.8 Å². The Hall–Kier alpha value is -1.56. The molecular formula is C36H56O10. The van der Waals surface area contributed by atoms with Gasteiger partial charge in [0.2, 0.25) is 6.29 Å². The van der Waals surface area contributed by atoms with Crippen LogP contribution in [0.4, 0.5) is 0 Å². The van der Waals surface area contributed by atoms with Crippen LogP contribution in [0.2, 0.25) is 0 Å². The Kier molecular flexibility index (Phi) is 8.38. The Morgan fingerprint density at radius 2 is 1.59 bits per heavy atom. The quantitative estimate of drug-likeness (QED) is 0.196. The van der Waals surface area contributed by atoms with Gasteiger partial charge in [0, 0.05) is 0 Å². The first-order valence-corrected chi connectivity index (χ1v) is 17.6. The number of aliphatic carboxylic acids is 1. The fourth-order valence-corrected chi connectivity index (χ4v) is 12.3. The molecule has 1 saturated heterocycles. The van der Waals surface area contributed by atoms with E-state index in [1.165, 1.54) is 0 Å². The zero-order valence-corrected chi connectivity index (χ0v) is 28.3. The van der Waals surface area contributed by atoms with Gasteiger partial charge < -0.3 is 40.1 Å². The van der Waals surface area contributed by atoms with Gasteiger partial charge in [-0.15, -0.1) is 0 Å². The van der Waals surface area contributed by atoms with Gasteiger partial charge in [0.15, 0.2) is 0 Å². The Balaban J connectivity index is 1.50. The van der Waals surface area contributed by atoms with Crippen molar-refractivity contribution in [2.24, 2.45) is 56.7 Å². The minimum Gasteiger partial charge on any atom is -0.481 e. The van der Waals surface area contributed by atoms with Crippen LogP contribution >= 0.6 is 0 Å². The maximum Gasteiger partial charge on any atom is 0.319 e. The lowest BCUT2D eigenvalue weighted by atomic mass is 9.33. The van der Waals surface area contributed by atoms with Crippen LogP contribution in [0.1, 0.15) is 99.3 Å². The second kappa shape index (κ2) is 11.2. The second-order valence-corrected chi connectivity index (χ2v) is 17.2. The molecule has 46 heavy (non-hydrogen) atoms. The zero-order valence-electron chi connectivity index (χ0n) is 28.3. The van der Waals surface area contributed by atoms with Crippen molar-refractivity contribution in [3.05, 3.63) is 11.6 Å². The molecule has 6 N–H and O–H groups in total. The third-order valence-corrected chi connectivity index (χ3v) is 15.3. The van der Waals surface area contributed by atoms with Crippen LogP contribution in [-0.2, 0) is 19.1 Å². The van der Waals surface area contributed by atoms with E-state index in [9.17, 15) is 35.4 Å². The van der Waals surface area contributed by atoms with Crippen LogP contribution in [0.25, 0.3) is 0 Å². The van der Waals surface area contributed by atoms with Gasteiger partial charge in [0.05, 0.1) is 23.5 Å². The minimum atomic E-state index is -1.73. The van der Waals surface area contributed by atoms with Gasteiger partial charge in [-0.2, -0.15) is 0 Å². The summed E-state index contributed by atoms with van der Waals surface area (Å²) in [5.74, 6) is -1.26. The number of carboxylic acids is 1. The number of esters is 1. The Morgan fingerprint density at radius 3 is 2.24 bits per heavy atom. The predicted octanol–water partition coefficient (Wildman–Crippen LogP) is 3.41. The Labute approximate surface area is 272 Å². The molecule has 0 amide bonds. The van der Waals surface area contributed by atoms with E-state index >= 15 is 4.79 Å². The molecule has 1 aliphatic heterocycles. The summed E-state index contributed by atoms with van der Waals surface area (Å²) in [6.07, 6.45) is -0.485. The number of aliphatic hydroxyl groups is 5.